The third kappa shape index (κ3) is 2.84. The lowest BCUT2D eigenvalue weighted by Crippen LogP contribution is -2.49. The van der Waals surface area contributed by atoms with Crippen LogP contribution in [-0.2, 0) is 4.79 Å². The topological polar surface area (TPSA) is 47.3 Å². The standard InChI is InChI=1S/C14H25N3O/c1-5-14(6-2,11-15)13(18)17(4)12-7-9-16(3)10-8-12/h12H,5-10H2,1-4H3. The maximum Gasteiger partial charge on any atom is 0.243 e. The van der Waals surface area contributed by atoms with E-state index in [0.717, 1.165) is 25.9 Å². The molecule has 0 aromatic heterocycles. The molecule has 1 aliphatic heterocycles. The SMILES string of the molecule is CCC(C#N)(CC)C(=O)N(C)C1CCN(C)CC1. The van der Waals surface area contributed by atoms with Crippen molar-refractivity contribution in [2.75, 3.05) is 27.2 Å². The fraction of sp³-hybridized carbons (Fsp3) is 0.857. The van der Waals surface area contributed by atoms with Crippen LogP contribution in [0.25, 0.3) is 0 Å². The molecule has 1 heterocycles. The summed E-state index contributed by atoms with van der Waals surface area (Å²) in [5.74, 6) is 0.00422. The largest absolute Gasteiger partial charge is 0.341 e. The van der Waals surface area contributed by atoms with Crippen LogP contribution in [0.3, 0.4) is 0 Å². The molecule has 0 N–H and O–H groups in total. The van der Waals surface area contributed by atoms with Crippen molar-refractivity contribution >= 4 is 5.91 Å². The summed E-state index contributed by atoms with van der Waals surface area (Å²) in [5, 5.41) is 9.33. The number of carbonyl (C=O) groups is 1. The lowest BCUT2D eigenvalue weighted by Gasteiger charge is -2.38. The molecule has 0 aromatic carbocycles. The Morgan fingerprint density at radius 3 is 2.28 bits per heavy atom. The molecule has 18 heavy (non-hydrogen) atoms. The first-order valence-corrected chi connectivity index (χ1v) is 6.87. The monoisotopic (exact) mass is 251 g/mol. The van der Waals surface area contributed by atoms with Crippen LogP contribution in [0.15, 0.2) is 0 Å². The lowest BCUT2D eigenvalue weighted by molar-refractivity contribution is -0.141. The molecule has 0 aromatic rings. The van der Waals surface area contributed by atoms with Crippen molar-refractivity contribution in [1.29, 1.82) is 5.26 Å². The Balaban J connectivity index is 2.74. The van der Waals surface area contributed by atoms with E-state index in [0.29, 0.717) is 18.9 Å². The van der Waals surface area contributed by atoms with Crippen LogP contribution < -0.4 is 0 Å². The number of hydrogen-bond donors (Lipinski definition) is 0. The van der Waals surface area contributed by atoms with Crippen LogP contribution in [0, 0.1) is 16.7 Å². The average Bonchev–Trinajstić information content (AvgIpc) is 2.41. The first-order valence-electron chi connectivity index (χ1n) is 6.87. The Morgan fingerprint density at radius 1 is 1.39 bits per heavy atom. The Morgan fingerprint density at radius 2 is 1.89 bits per heavy atom. The number of nitriles is 1. The highest BCUT2D eigenvalue weighted by Crippen LogP contribution is 2.29. The number of carbonyl (C=O) groups excluding carboxylic acids is 1. The predicted molar refractivity (Wildman–Crippen MR) is 71.9 cm³/mol. The summed E-state index contributed by atoms with van der Waals surface area (Å²) < 4.78 is 0. The molecular weight excluding hydrogens is 226 g/mol. The predicted octanol–water partition coefficient (Wildman–Crippen LogP) is 1.87. The van der Waals surface area contributed by atoms with Crippen LogP contribution in [-0.4, -0.2) is 48.9 Å². The maximum absolute atomic E-state index is 12.5. The molecule has 4 heteroatoms. The van der Waals surface area contributed by atoms with Gasteiger partial charge in [0.1, 0.15) is 5.41 Å². The van der Waals surface area contributed by atoms with Gasteiger partial charge >= 0.3 is 0 Å². The van der Waals surface area contributed by atoms with Gasteiger partial charge < -0.3 is 9.80 Å². The Bertz CT molecular complexity index is 322. The Hall–Kier alpha value is -1.08. The van der Waals surface area contributed by atoms with Crippen LogP contribution in [0.1, 0.15) is 39.5 Å². The molecule has 0 unspecified atom stereocenters. The molecule has 4 nitrogen and oxygen atoms in total. The average molecular weight is 251 g/mol. The number of rotatable bonds is 4. The fourth-order valence-corrected chi connectivity index (χ4v) is 2.64. The van der Waals surface area contributed by atoms with E-state index < -0.39 is 5.41 Å². The summed E-state index contributed by atoms with van der Waals surface area (Å²) in [6.07, 6.45) is 3.20. The molecule has 1 aliphatic rings. The van der Waals surface area contributed by atoms with Gasteiger partial charge in [-0.25, -0.2) is 0 Å². The van der Waals surface area contributed by atoms with Crippen molar-refractivity contribution in [3.63, 3.8) is 0 Å². The number of amides is 1. The van der Waals surface area contributed by atoms with Gasteiger partial charge in [0.05, 0.1) is 6.07 Å². The molecule has 0 spiro atoms. The van der Waals surface area contributed by atoms with Crippen LogP contribution in [0.5, 0.6) is 0 Å². The van der Waals surface area contributed by atoms with E-state index >= 15 is 0 Å². The summed E-state index contributed by atoms with van der Waals surface area (Å²) in [6, 6.07) is 2.53. The van der Waals surface area contributed by atoms with Gasteiger partial charge in [0.25, 0.3) is 0 Å². The number of likely N-dealkylation sites (tertiary alicyclic amines) is 1. The number of nitrogens with zero attached hydrogens (tertiary/aromatic N) is 3. The highest BCUT2D eigenvalue weighted by atomic mass is 16.2. The lowest BCUT2D eigenvalue weighted by atomic mass is 9.82. The quantitative estimate of drug-likeness (QED) is 0.766. The summed E-state index contributed by atoms with van der Waals surface area (Å²) >= 11 is 0. The second-order valence-corrected chi connectivity index (χ2v) is 5.35. The van der Waals surface area contributed by atoms with Crippen molar-refractivity contribution in [1.82, 2.24) is 9.80 Å². The summed E-state index contributed by atoms with van der Waals surface area (Å²) in [5.41, 5.74) is -0.821. The van der Waals surface area contributed by atoms with Gasteiger partial charge in [-0.2, -0.15) is 5.26 Å². The highest BCUT2D eigenvalue weighted by molar-refractivity contribution is 5.85. The third-order valence-corrected chi connectivity index (χ3v) is 4.39. The van der Waals surface area contributed by atoms with Crippen LogP contribution in [0.4, 0.5) is 0 Å². The zero-order valence-electron chi connectivity index (χ0n) is 12.1. The first kappa shape index (κ1) is 15.0. The minimum absolute atomic E-state index is 0.00422. The van der Waals surface area contributed by atoms with Crippen molar-refractivity contribution in [2.45, 2.75) is 45.6 Å². The molecule has 1 rings (SSSR count). The van der Waals surface area contributed by atoms with Crippen molar-refractivity contribution < 1.29 is 4.79 Å². The molecular formula is C14H25N3O. The summed E-state index contributed by atoms with van der Waals surface area (Å²) in [7, 11) is 3.96. The van der Waals surface area contributed by atoms with E-state index in [9.17, 15) is 10.1 Å². The van der Waals surface area contributed by atoms with Crippen molar-refractivity contribution in [3.8, 4) is 6.07 Å². The molecule has 0 aliphatic carbocycles. The van der Waals surface area contributed by atoms with E-state index in [2.05, 4.69) is 18.0 Å². The zero-order chi connectivity index (χ0) is 13.8. The second-order valence-electron chi connectivity index (χ2n) is 5.35. The van der Waals surface area contributed by atoms with Crippen molar-refractivity contribution in [2.24, 2.45) is 5.41 Å². The van der Waals surface area contributed by atoms with Gasteiger partial charge in [0, 0.05) is 13.1 Å². The molecule has 102 valence electrons. The Labute approximate surface area is 111 Å². The van der Waals surface area contributed by atoms with Crippen molar-refractivity contribution in [3.05, 3.63) is 0 Å². The molecule has 1 saturated heterocycles. The molecule has 1 amide bonds. The van der Waals surface area contributed by atoms with E-state index in [1.165, 1.54) is 0 Å². The minimum atomic E-state index is -0.821. The second kappa shape index (κ2) is 6.19. The minimum Gasteiger partial charge on any atom is -0.341 e. The fourth-order valence-electron chi connectivity index (χ4n) is 2.64. The Kier molecular flexibility index (Phi) is 5.15. The van der Waals surface area contributed by atoms with E-state index in [1.807, 2.05) is 25.8 Å². The third-order valence-electron chi connectivity index (χ3n) is 4.39. The molecule has 0 saturated carbocycles. The summed E-state index contributed by atoms with van der Waals surface area (Å²) in [4.78, 5) is 16.6. The van der Waals surface area contributed by atoms with Gasteiger partial charge in [-0.3, -0.25) is 4.79 Å². The number of hydrogen-bond acceptors (Lipinski definition) is 3. The van der Waals surface area contributed by atoms with Gasteiger partial charge in [-0.1, -0.05) is 13.8 Å². The highest BCUT2D eigenvalue weighted by Gasteiger charge is 2.39. The molecule has 0 bridgehead atoms. The number of piperidine rings is 1. The zero-order valence-corrected chi connectivity index (χ0v) is 12.1. The molecule has 0 atom stereocenters. The first-order chi connectivity index (χ1) is 8.50. The van der Waals surface area contributed by atoms with E-state index in [1.54, 1.807) is 0 Å². The normalized spacial score (nSPS) is 18.4. The van der Waals surface area contributed by atoms with Crippen LogP contribution in [0.2, 0.25) is 0 Å². The van der Waals surface area contributed by atoms with E-state index in [4.69, 9.17) is 0 Å². The van der Waals surface area contributed by atoms with Gasteiger partial charge in [0.2, 0.25) is 5.91 Å². The smallest absolute Gasteiger partial charge is 0.243 e. The van der Waals surface area contributed by atoms with Gasteiger partial charge in [-0.05, 0) is 45.8 Å². The van der Waals surface area contributed by atoms with Crippen LogP contribution >= 0.6 is 0 Å². The van der Waals surface area contributed by atoms with E-state index in [-0.39, 0.29) is 5.91 Å². The molecule has 0 radical (unpaired) electrons. The molecule has 1 fully saturated rings. The van der Waals surface area contributed by atoms with Gasteiger partial charge in [-0.15, -0.1) is 0 Å². The summed E-state index contributed by atoms with van der Waals surface area (Å²) in [6.45, 7) is 5.90. The maximum atomic E-state index is 12.5. The van der Waals surface area contributed by atoms with Gasteiger partial charge in [0.15, 0.2) is 0 Å².